The van der Waals surface area contributed by atoms with Crippen LogP contribution < -0.4 is 0 Å². The van der Waals surface area contributed by atoms with Gasteiger partial charge < -0.3 is 5.11 Å². The van der Waals surface area contributed by atoms with Gasteiger partial charge >= 0.3 is 5.97 Å². The molecule has 1 fully saturated rings. The van der Waals surface area contributed by atoms with E-state index < -0.39 is 16.0 Å². The number of hydrogen-bond acceptors (Lipinski definition) is 3. The van der Waals surface area contributed by atoms with Gasteiger partial charge in [-0.2, -0.15) is 0 Å². The van der Waals surface area contributed by atoms with Crippen molar-refractivity contribution in [2.45, 2.75) is 37.5 Å². The van der Waals surface area contributed by atoms with Crippen LogP contribution in [0.4, 0.5) is 0 Å². The van der Waals surface area contributed by atoms with E-state index in [-0.39, 0.29) is 17.4 Å². The highest BCUT2D eigenvalue weighted by Gasteiger charge is 2.32. The van der Waals surface area contributed by atoms with Crippen LogP contribution in [0.3, 0.4) is 0 Å². The van der Waals surface area contributed by atoms with E-state index in [0.29, 0.717) is 0 Å². The fourth-order valence-electron chi connectivity index (χ4n) is 2.54. The molecule has 6 heteroatoms. The van der Waals surface area contributed by atoms with Gasteiger partial charge in [-0.25, -0.2) is 17.5 Å². The van der Waals surface area contributed by atoms with E-state index in [2.05, 4.69) is 0 Å². The highest BCUT2D eigenvalue weighted by Crippen LogP contribution is 2.27. The maximum Gasteiger partial charge on any atom is 0.335 e. The van der Waals surface area contributed by atoms with Crippen LogP contribution in [0.1, 0.15) is 41.6 Å². The van der Waals surface area contributed by atoms with E-state index in [9.17, 15) is 13.2 Å². The topological polar surface area (TPSA) is 74.7 Å². The third-order valence-electron chi connectivity index (χ3n) is 3.76. The van der Waals surface area contributed by atoms with Crippen molar-refractivity contribution in [3.8, 4) is 0 Å². The molecule has 110 valence electrons. The maximum atomic E-state index is 12.3. The van der Waals surface area contributed by atoms with Crippen LogP contribution in [-0.2, 0) is 16.6 Å². The summed E-state index contributed by atoms with van der Waals surface area (Å²) in [6.07, 6.45) is 3.44. The number of carbonyl (C=O) groups is 1. The van der Waals surface area contributed by atoms with Gasteiger partial charge in [-0.3, -0.25) is 0 Å². The Morgan fingerprint density at radius 3 is 2.30 bits per heavy atom. The van der Waals surface area contributed by atoms with Crippen LogP contribution in [0.15, 0.2) is 24.3 Å². The number of sulfonamides is 1. The number of carboxylic acid groups (broad SMARTS) is 1. The summed E-state index contributed by atoms with van der Waals surface area (Å²) in [7, 11) is -1.66. The van der Waals surface area contributed by atoms with Gasteiger partial charge in [0.2, 0.25) is 10.0 Å². The number of carboxylic acids is 1. The largest absolute Gasteiger partial charge is 0.478 e. The van der Waals surface area contributed by atoms with Crippen LogP contribution in [0.25, 0.3) is 0 Å². The quantitative estimate of drug-likeness (QED) is 0.903. The molecule has 0 atom stereocenters. The van der Waals surface area contributed by atoms with Crippen LogP contribution in [0.5, 0.6) is 0 Å². The molecule has 1 aliphatic carbocycles. The molecule has 1 N–H and O–H groups in total. The molecule has 2 rings (SSSR count). The Hall–Kier alpha value is -1.40. The fourth-order valence-corrected chi connectivity index (χ4v) is 4.31. The lowest BCUT2D eigenvalue weighted by Crippen LogP contribution is -2.34. The number of hydrogen-bond donors (Lipinski definition) is 1. The summed E-state index contributed by atoms with van der Waals surface area (Å²) in [5.41, 5.74) is 0.995. The van der Waals surface area contributed by atoms with Crippen LogP contribution in [0, 0.1) is 0 Å². The monoisotopic (exact) mass is 297 g/mol. The van der Waals surface area contributed by atoms with Gasteiger partial charge in [0.05, 0.1) is 10.8 Å². The van der Waals surface area contributed by atoms with E-state index in [1.165, 1.54) is 16.4 Å². The SMILES string of the molecule is CN(Cc1ccc(C(=O)O)cc1)S(=O)(=O)C1CCCC1. The molecule has 0 amide bonds. The van der Waals surface area contributed by atoms with E-state index >= 15 is 0 Å². The first-order valence-electron chi connectivity index (χ1n) is 6.68. The summed E-state index contributed by atoms with van der Waals surface area (Å²) in [5, 5.41) is 8.57. The summed E-state index contributed by atoms with van der Waals surface area (Å²) in [6, 6.07) is 6.30. The van der Waals surface area contributed by atoms with E-state index in [1.807, 2.05) is 0 Å². The van der Waals surface area contributed by atoms with E-state index in [1.54, 1.807) is 19.2 Å². The Kier molecular flexibility index (Phi) is 4.45. The van der Waals surface area contributed by atoms with Gasteiger partial charge in [0.15, 0.2) is 0 Å². The van der Waals surface area contributed by atoms with Gasteiger partial charge in [0, 0.05) is 13.6 Å². The molecule has 0 bridgehead atoms. The van der Waals surface area contributed by atoms with Crippen molar-refractivity contribution in [2.75, 3.05) is 7.05 Å². The van der Waals surface area contributed by atoms with Crippen molar-refractivity contribution in [1.29, 1.82) is 0 Å². The normalized spacial score (nSPS) is 16.7. The molecule has 1 saturated carbocycles. The standard InChI is InChI=1S/C14H19NO4S/c1-15(20(18,19)13-4-2-3-5-13)10-11-6-8-12(9-7-11)14(16)17/h6-9,13H,2-5,10H2,1H3,(H,16,17). The molecule has 1 aliphatic rings. The summed E-state index contributed by atoms with van der Waals surface area (Å²) >= 11 is 0. The molecule has 0 unspecified atom stereocenters. The highest BCUT2D eigenvalue weighted by molar-refractivity contribution is 7.89. The third kappa shape index (κ3) is 3.19. The maximum absolute atomic E-state index is 12.3. The van der Waals surface area contributed by atoms with Crippen molar-refractivity contribution in [3.05, 3.63) is 35.4 Å². The molecule has 5 nitrogen and oxygen atoms in total. The Balaban J connectivity index is 2.07. The number of aromatic carboxylic acids is 1. The van der Waals surface area contributed by atoms with Crippen LogP contribution >= 0.6 is 0 Å². The molecular formula is C14H19NO4S. The highest BCUT2D eigenvalue weighted by atomic mass is 32.2. The second-order valence-electron chi connectivity index (χ2n) is 5.21. The average Bonchev–Trinajstić information content (AvgIpc) is 2.93. The van der Waals surface area contributed by atoms with Gasteiger partial charge in [-0.1, -0.05) is 25.0 Å². The van der Waals surface area contributed by atoms with Crippen molar-refractivity contribution in [3.63, 3.8) is 0 Å². The Bertz CT molecular complexity index is 574. The van der Waals surface area contributed by atoms with E-state index in [0.717, 1.165) is 31.2 Å². The summed E-state index contributed by atoms with van der Waals surface area (Å²) in [4.78, 5) is 10.8. The third-order valence-corrected chi connectivity index (χ3v) is 6.08. The van der Waals surface area contributed by atoms with Gasteiger partial charge in [0.1, 0.15) is 0 Å². The van der Waals surface area contributed by atoms with Crippen molar-refractivity contribution in [2.24, 2.45) is 0 Å². The molecule has 0 aromatic heterocycles. The zero-order valence-corrected chi connectivity index (χ0v) is 12.3. The first kappa shape index (κ1) is 15.0. The van der Waals surface area contributed by atoms with Gasteiger partial charge in [-0.15, -0.1) is 0 Å². The average molecular weight is 297 g/mol. The molecule has 0 heterocycles. The Morgan fingerprint density at radius 2 is 1.80 bits per heavy atom. The molecule has 20 heavy (non-hydrogen) atoms. The summed E-state index contributed by atoms with van der Waals surface area (Å²) in [5.74, 6) is -0.983. The first-order valence-corrected chi connectivity index (χ1v) is 8.19. The Labute approximate surface area is 119 Å². The number of nitrogens with zero attached hydrogens (tertiary/aromatic N) is 1. The number of benzene rings is 1. The first-order chi connectivity index (χ1) is 9.41. The lowest BCUT2D eigenvalue weighted by molar-refractivity contribution is 0.0697. The summed E-state index contributed by atoms with van der Waals surface area (Å²) in [6.45, 7) is 0.277. The lowest BCUT2D eigenvalue weighted by atomic mass is 10.1. The molecule has 1 aromatic carbocycles. The smallest absolute Gasteiger partial charge is 0.335 e. The summed E-state index contributed by atoms with van der Waals surface area (Å²) < 4.78 is 26.1. The van der Waals surface area contributed by atoms with Crippen LogP contribution in [-0.4, -0.2) is 36.1 Å². The zero-order valence-electron chi connectivity index (χ0n) is 11.4. The van der Waals surface area contributed by atoms with E-state index in [4.69, 9.17) is 5.11 Å². The minimum Gasteiger partial charge on any atom is -0.478 e. The van der Waals surface area contributed by atoms with Crippen LogP contribution in [0.2, 0.25) is 0 Å². The van der Waals surface area contributed by atoms with Gasteiger partial charge in [0.25, 0.3) is 0 Å². The van der Waals surface area contributed by atoms with Crippen molar-refractivity contribution < 1.29 is 18.3 Å². The molecule has 0 aliphatic heterocycles. The predicted molar refractivity (Wildman–Crippen MR) is 76.0 cm³/mol. The molecule has 0 saturated heterocycles. The second-order valence-corrected chi connectivity index (χ2v) is 7.53. The second kappa shape index (κ2) is 5.93. The fraction of sp³-hybridized carbons (Fsp3) is 0.500. The number of rotatable bonds is 5. The lowest BCUT2D eigenvalue weighted by Gasteiger charge is -2.21. The van der Waals surface area contributed by atoms with Gasteiger partial charge in [-0.05, 0) is 30.5 Å². The molecule has 0 radical (unpaired) electrons. The minimum atomic E-state index is -3.25. The zero-order chi connectivity index (χ0) is 14.8. The molecule has 0 spiro atoms. The molecule has 1 aromatic rings. The minimum absolute atomic E-state index is 0.204. The predicted octanol–water partition coefficient (Wildman–Crippen LogP) is 2.09. The Morgan fingerprint density at radius 1 is 1.25 bits per heavy atom. The van der Waals surface area contributed by atoms with Crippen molar-refractivity contribution in [1.82, 2.24) is 4.31 Å². The molecular weight excluding hydrogens is 278 g/mol. The van der Waals surface area contributed by atoms with Crippen molar-refractivity contribution >= 4 is 16.0 Å².